The molecular formula is C14H22N4O2S. The van der Waals surface area contributed by atoms with Crippen LogP contribution >= 0.6 is 11.3 Å². The van der Waals surface area contributed by atoms with E-state index in [0.29, 0.717) is 11.0 Å². The minimum Gasteiger partial charge on any atom is -0.377 e. The summed E-state index contributed by atoms with van der Waals surface area (Å²) in [4.78, 5) is 12.1. The molecular weight excluding hydrogens is 288 g/mol. The van der Waals surface area contributed by atoms with Gasteiger partial charge in [0, 0.05) is 30.4 Å². The monoisotopic (exact) mass is 310 g/mol. The lowest BCUT2D eigenvalue weighted by Crippen LogP contribution is -2.67. The molecule has 3 atom stereocenters. The number of amides is 2. The predicted octanol–water partition coefficient (Wildman–Crippen LogP) is 2.43. The fraction of sp³-hybridized carbons (Fsp3) is 0.786. The zero-order valence-corrected chi connectivity index (χ0v) is 13.5. The Labute approximate surface area is 128 Å². The van der Waals surface area contributed by atoms with Gasteiger partial charge in [-0.2, -0.15) is 0 Å². The summed E-state index contributed by atoms with van der Waals surface area (Å²) in [5.41, 5.74) is -0.00694. The molecule has 2 aliphatic rings. The van der Waals surface area contributed by atoms with Gasteiger partial charge < -0.3 is 10.1 Å². The van der Waals surface area contributed by atoms with E-state index in [1.165, 1.54) is 11.3 Å². The number of nitrogens with one attached hydrogen (secondary N) is 2. The van der Waals surface area contributed by atoms with Crippen molar-refractivity contribution in [3.05, 3.63) is 5.01 Å². The molecule has 1 aliphatic heterocycles. The lowest BCUT2D eigenvalue weighted by atomic mass is 9.57. The normalized spacial score (nSPS) is 29.6. The molecule has 0 aromatic carbocycles. The van der Waals surface area contributed by atoms with E-state index in [1.54, 1.807) is 0 Å². The Morgan fingerprint density at radius 2 is 2.29 bits per heavy atom. The lowest BCUT2D eigenvalue weighted by Gasteiger charge is -2.54. The first-order valence-electron chi connectivity index (χ1n) is 7.54. The second kappa shape index (κ2) is 5.53. The lowest BCUT2D eigenvalue weighted by molar-refractivity contribution is -0.107. The van der Waals surface area contributed by atoms with Gasteiger partial charge in [0.2, 0.25) is 5.13 Å². The van der Waals surface area contributed by atoms with Gasteiger partial charge in [0.05, 0.1) is 6.10 Å². The summed E-state index contributed by atoms with van der Waals surface area (Å²) in [7, 11) is 0. The average molecular weight is 310 g/mol. The van der Waals surface area contributed by atoms with E-state index >= 15 is 0 Å². The summed E-state index contributed by atoms with van der Waals surface area (Å²) in [5, 5.41) is 15.5. The Morgan fingerprint density at radius 1 is 1.48 bits per heavy atom. The number of fused-ring (bicyclic) bond motifs is 1. The molecule has 0 spiro atoms. The number of carbonyl (C=O) groups excluding carboxylic acids is 1. The highest BCUT2D eigenvalue weighted by Gasteiger charge is 2.59. The highest BCUT2D eigenvalue weighted by atomic mass is 32.1. The predicted molar refractivity (Wildman–Crippen MR) is 81.5 cm³/mol. The van der Waals surface area contributed by atoms with E-state index in [9.17, 15) is 4.79 Å². The first-order valence-corrected chi connectivity index (χ1v) is 8.35. The number of carbonyl (C=O) groups is 1. The third-order valence-corrected chi connectivity index (χ3v) is 5.44. The first-order chi connectivity index (χ1) is 10.0. The number of nitrogens with zero attached hydrogens (tertiary/aromatic N) is 2. The number of ether oxygens (including phenoxy) is 1. The van der Waals surface area contributed by atoms with Crippen molar-refractivity contribution in [3.8, 4) is 0 Å². The molecule has 1 aromatic rings. The smallest absolute Gasteiger partial charge is 0.321 e. The van der Waals surface area contributed by atoms with E-state index in [2.05, 4.69) is 41.6 Å². The Hall–Kier alpha value is -1.21. The van der Waals surface area contributed by atoms with Crippen molar-refractivity contribution < 1.29 is 9.53 Å². The van der Waals surface area contributed by atoms with Crippen LogP contribution in [0.4, 0.5) is 9.93 Å². The van der Waals surface area contributed by atoms with Crippen LogP contribution in [0.25, 0.3) is 0 Å². The Kier molecular flexibility index (Phi) is 3.88. The maximum Gasteiger partial charge on any atom is 0.321 e. The third-order valence-electron chi connectivity index (χ3n) is 4.54. The molecule has 21 heavy (non-hydrogen) atoms. The average Bonchev–Trinajstić information content (AvgIpc) is 3.05. The molecule has 3 rings (SSSR count). The van der Waals surface area contributed by atoms with E-state index in [0.717, 1.165) is 30.9 Å². The molecule has 0 radical (unpaired) electrons. The molecule has 1 saturated heterocycles. The highest BCUT2D eigenvalue weighted by molar-refractivity contribution is 7.15. The molecule has 0 bridgehead atoms. The van der Waals surface area contributed by atoms with Crippen LogP contribution in [0.3, 0.4) is 0 Å². The van der Waals surface area contributed by atoms with Crippen molar-refractivity contribution in [2.24, 2.45) is 11.3 Å². The number of aryl methyl sites for hydroxylation is 1. The Bertz CT molecular complexity index is 531. The second-order valence-electron chi connectivity index (χ2n) is 6.39. The van der Waals surface area contributed by atoms with Gasteiger partial charge in [-0.25, -0.2) is 4.79 Å². The zero-order chi connectivity index (χ0) is 15.0. The molecule has 1 saturated carbocycles. The summed E-state index contributed by atoms with van der Waals surface area (Å²) in [6.45, 7) is 7.19. The zero-order valence-electron chi connectivity index (χ0n) is 12.7. The molecule has 7 heteroatoms. The van der Waals surface area contributed by atoms with Crippen LogP contribution in [0.1, 0.15) is 38.6 Å². The summed E-state index contributed by atoms with van der Waals surface area (Å²) in [6.07, 6.45) is 3.23. The third kappa shape index (κ3) is 2.64. The minimum absolute atomic E-state index is 0.00694. The van der Waals surface area contributed by atoms with Crippen molar-refractivity contribution >= 4 is 22.5 Å². The Balaban J connectivity index is 1.56. The number of rotatable bonds is 4. The summed E-state index contributed by atoms with van der Waals surface area (Å²) >= 11 is 1.44. The fourth-order valence-electron chi connectivity index (χ4n) is 3.51. The van der Waals surface area contributed by atoms with Crippen molar-refractivity contribution in [3.63, 3.8) is 0 Å². The number of anilines is 1. The van der Waals surface area contributed by atoms with Crippen LogP contribution in [0.2, 0.25) is 0 Å². The number of hydrogen-bond donors (Lipinski definition) is 2. The number of urea groups is 1. The van der Waals surface area contributed by atoms with Crippen LogP contribution < -0.4 is 10.6 Å². The van der Waals surface area contributed by atoms with Gasteiger partial charge in [-0.05, 0) is 12.8 Å². The van der Waals surface area contributed by atoms with E-state index < -0.39 is 0 Å². The van der Waals surface area contributed by atoms with E-state index in [1.807, 2.05) is 0 Å². The van der Waals surface area contributed by atoms with Crippen molar-refractivity contribution in [2.75, 3.05) is 11.9 Å². The van der Waals surface area contributed by atoms with Gasteiger partial charge >= 0.3 is 6.03 Å². The quantitative estimate of drug-likeness (QED) is 0.895. The van der Waals surface area contributed by atoms with Gasteiger partial charge in [0.1, 0.15) is 5.01 Å². The maximum atomic E-state index is 12.1. The minimum atomic E-state index is -0.197. The highest BCUT2D eigenvalue weighted by Crippen LogP contribution is 2.52. The van der Waals surface area contributed by atoms with Gasteiger partial charge in [-0.1, -0.05) is 32.1 Å². The van der Waals surface area contributed by atoms with Crippen molar-refractivity contribution in [2.45, 2.75) is 52.2 Å². The standard InChI is InChI=1S/C14H22N4O2S/c1-4-5-9-17-18-13(21-9)16-12(19)15-10-8-6-7-20-11(8)14(10,2)3/h8,10-11H,4-7H2,1-3H3,(H2,15,16,18,19). The van der Waals surface area contributed by atoms with Crippen LogP contribution in [-0.4, -0.2) is 35.0 Å². The van der Waals surface area contributed by atoms with Crippen molar-refractivity contribution in [1.82, 2.24) is 15.5 Å². The number of hydrogen-bond acceptors (Lipinski definition) is 5. The number of aromatic nitrogens is 2. The molecule has 2 amide bonds. The Morgan fingerprint density at radius 3 is 3.05 bits per heavy atom. The molecule has 2 N–H and O–H groups in total. The molecule has 2 heterocycles. The van der Waals surface area contributed by atoms with Crippen LogP contribution in [0, 0.1) is 11.3 Å². The van der Waals surface area contributed by atoms with E-state index in [4.69, 9.17) is 4.74 Å². The molecule has 1 aliphatic carbocycles. The van der Waals surface area contributed by atoms with Crippen LogP contribution in [0.15, 0.2) is 0 Å². The summed E-state index contributed by atoms with van der Waals surface area (Å²) < 4.78 is 5.74. The fourth-order valence-corrected chi connectivity index (χ4v) is 4.35. The SMILES string of the molecule is CCCc1nnc(NC(=O)NC2C3CCOC3C2(C)C)s1. The van der Waals surface area contributed by atoms with Gasteiger partial charge in [0.25, 0.3) is 0 Å². The summed E-state index contributed by atoms with van der Waals surface area (Å²) in [6, 6.07) is -0.0364. The molecule has 2 fully saturated rings. The topological polar surface area (TPSA) is 76.1 Å². The van der Waals surface area contributed by atoms with Gasteiger partial charge in [-0.15, -0.1) is 10.2 Å². The molecule has 1 aromatic heterocycles. The van der Waals surface area contributed by atoms with E-state index in [-0.39, 0.29) is 23.6 Å². The molecule has 116 valence electrons. The summed E-state index contributed by atoms with van der Waals surface area (Å²) in [5.74, 6) is 0.441. The van der Waals surface area contributed by atoms with Crippen molar-refractivity contribution in [1.29, 1.82) is 0 Å². The first kappa shape index (κ1) is 14.7. The molecule has 3 unspecified atom stereocenters. The van der Waals surface area contributed by atoms with Gasteiger partial charge in [0.15, 0.2) is 0 Å². The van der Waals surface area contributed by atoms with Crippen LogP contribution in [0.5, 0.6) is 0 Å². The maximum absolute atomic E-state index is 12.1. The largest absolute Gasteiger partial charge is 0.377 e. The van der Waals surface area contributed by atoms with Gasteiger partial charge in [-0.3, -0.25) is 5.32 Å². The molecule has 6 nitrogen and oxygen atoms in total. The second-order valence-corrected chi connectivity index (χ2v) is 7.45. The van der Waals surface area contributed by atoms with Crippen LogP contribution in [-0.2, 0) is 11.2 Å².